The number of carbonyl (C=O) groups excluding carboxylic acids is 1. The first-order valence-electron chi connectivity index (χ1n) is 12.6. The van der Waals surface area contributed by atoms with Crippen molar-refractivity contribution in [2.75, 3.05) is 6.61 Å². The summed E-state index contributed by atoms with van der Waals surface area (Å²) in [7, 11) is 0.973. The third-order valence-electron chi connectivity index (χ3n) is 6.52. The second kappa shape index (κ2) is 10.9. The Hall–Kier alpha value is -3.93. The van der Waals surface area contributed by atoms with Crippen molar-refractivity contribution in [1.29, 1.82) is 0 Å². The van der Waals surface area contributed by atoms with Gasteiger partial charge < -0.3 is 9.64 Å². The predicted octanol–water partition coefficient (Wildman–Crippen LogP) is 5.16. The van der Waals surface area contributed by atoms with Gasteiger partial charge in [-0.25, -0.2) is 9.36 Å². The summed E-state index contributed by atoms with van der Waals surface area (Å²) in [5.74, 6) is 0.431. The number of rotatable bonds is 7. The van der Waals surface area contributed by atoms with Crippen LogP contribution in [0, 0.1) is 6.92 Å². The average Bonchev–Trinajstić information content (AvgIpc) is 3.28. The molecule has 0 aliphatic heterocycles. The van der Waals surface area contributed by atoms with Gasteiger partial charge in [0.2, 0.25) is 0 Å². The SMILES string of the molecule is Cc1cc(-c2nsc3ccc(-n4c(=O)cc(C(F)(F)F)n(C)c4=O)cc23)ccc1OCC(=O)N(C(C)C)C(C)C. The number of carbonyl (C=O) groups is 1. The molecule has 4 aromatic rings. The van der Waals surface area contributed by atoms with Crippen LogP contribution < -0.4 is 16.0 Å². The van der Waals surface area contributed by atoms with Gasteiger partial charge in [0.15, 0.2) is 6.61 Å². The van der Waals surface area contributed by atoms with E-state index in [9.17, 15) is 27.6 Å². The molecule has 0 N–H and O–H groups in total. The fourth-order valence-electron chi connectivity index (χ4n) is 4.75. The molecule has 212 valence electrons. The van der Waals surface area contributed by atoms with Crippen molar-refractivity contribution in [2.45, 2.75) is 52.9 Å². The molecule has 0 bridgehead atoms. The van der Waals surface area contributed by atoms with Crippen molar-refractivity contribution in [3.05, 3.63) is 74.6 Å². The number of hydrogen-bond acceptors (Lipinski definition) is 6. The van der Waals surface area contributed by atoms with Crippen LogP contribution >= 0.6 is 11.5 Å². The number of amides is 1. The quantitative estimate of drug-likeness (QED) is 0.304. The van der Waals surface area contributed by atoms with E-state index in [-0.39, 0.29) is 30.3 Å². The van der Waals surface area contributed by atoms with Gasteiger partial charge in [-0.2, -0.15) is 17.5 Å². The second-order valence-electron chi connectivity index (χ2n) is 10.0. The van der Waals surface area contributed by atoms with Crippen LogP contribution in [0.2, 0.25) is 0 Å². The van der Waals surface area contributed by atoms with Gasteiger partial charge in [-0.1, -0.05) is 0 Å². The molecule has 0 saturated carbocycles. The van der Waals surface area contributed by atoms with E-state index in [1.54, 1.807) is 29.2 Å². The van der Waals surface area contributed by atoms with E-state index in [4.69, 9.17) is 4.74 Å². The van der Waals surface area contributed by atoms with Gasteiger partial charge in [0, 0.05) is 36.1 Å². The summed E-state index contributed by atoms with van der Waals surface area (Å²) in [5.41, 5.74) is -1.30. The highest BCUT2D eigenvalue weighted by molar-refractivity contribution is 7.13. The van der Waals surface area contributed by atoms with E-state index < -0.39 is 23.1 Å². The first-order valence-corrected chi connectivity index (χ1v) is 13.3. The number of nitrogens with zero attached hydrogens (tertiary/aromatic N) is 4. The monoisotopic (exact) mass is 574 g/mol. The molecule has 40 heavy (non-hydrogen) atoms. The summed E-state index contributed by atoms with van der Waals surface area (Å²) in [4.78, 5) is 39.8. The van der Waals surface area contributed by atoms with Gasteiger partial charge in [0.1, 0.15) is 11.4 Å². The highest BCUT2D eigenvalue weighted by Crippen LogP contribution is 2.34. The maximum atomic E-state index is 13.3. The Labute approximate surface area is 232 Å². The smallest absolute Gasteiger partial charge is 0.431 e. The van der Waals surface area contributed by atoms with Crippen molar-refractivity contribution in [3.63, 3.8) is 0 Å². The van der Waals surface area contributed by atoms with E-state index in [1.807, 2.05) is 40.7 Å². The molecular weight excluding hydrogens is 545 g/mol. The Balaban J connectivity index is 1.67. The minimum Gasteiger partial charge on any atom is -0.483 e. The van der Waals surface area contributed by atoms with E-state index in [0.29, 0.717) is 32.0 Å². The van der Waals surface area contributed by atoms with Gasteiger partial charge >= 0.3 is 11.9 Å². The number of benzene rings is 2. The normalized spacial score (nSPS) is 12.0. The van der Waals surface area contributed by atoms with Gasteiger partial charge in [0.05, 0.1) is 16.1 Å². The highest BCUT2D eigenvalue weighted by atomic mass is 32.1. The van der Waals surface area contributed by atoms with Crippen molar-refractivity contribution in [3.8, 4) is 22.7 Å². The molecule has 0 spiro atoms. The molecule has 12 heteroatoms. The largest absolute Gasteiger partial charge is 0.483 e. The minimum atomic E-state index is -4.84. The number of ether oxygens (including phenoxy) is 1. The first kappa shape index (κ1) is 29.1. The lowest BCUT2D eigenvalue weighted by atomic mass is 10.0. The Morgan fingerprint density at radius 3 is 2.33 bits per heavy atom. The first-order chi connectivity index (χ1) is 18.7. The summed E-state index contributed by atoms with van der Waals surface area (Å²) < 4.78 is 52.0. The summed E-state index contributed by atoms with van der Waals surface area (Å²) >= 11 is 1.21. The predicted molar refractivity (Wildman–Crippen MR) is 148 cm³/mol. The van der Waals surface area contributed by atoms with Crippen molar-refractivity contribution < 1.29 is 22.7 Å². The Morgan fingerprint density at radius 2 is 1.73 bits per heavy atom. The molecule has 0 aliphatic rings. The number of fused-ring (bicyclic) bond motifs is 1. The van der Waals surface area contributed by atoms with E-state index >= 15 is 0 Å². The summed E-state index contributed by atoms with van der Waals surface area (Å²) in [6, 6.07) is 10.6. The molecule has 2 aromatic heterocycles. The Morgan fingerprint density at radius 1 is 1.05 bits per heavy atom. The van der Waals surface area contributed by atoms with Gasteiger partial charge in [-0.3, -0.25) is 14.2 Å². The number of aryl methyl sites for hydroxylation is 1. The second-order valence-corrected chi connectivity index (χ2v) is 10.8. The zero-order chi connectivity index (χ0) is 29.5. The fraction of sp³-hybridized carbons (Fsp3) is 0.357. The molecule has 0 unspecified atom stereocenters. The average molecular weight is 575 g/mol. The number of halogens is 3. The van der Waals surface area contributed by atoms with Crippen LogP contribution in [0.5, 0.6) is 5.75 Å². The zero-order valence-corrected chi connectivity index (χ0v) is 23.7. The molecular formula is C28H29F3N4O4S. The van der Waals surface area contributed by atoms with Crippen LogP contribution in [0.4, 0.5) is 13.2 Å². The Bertz CT molecular complexity index is 1690. The van der Waals surface area contributed by atoms with Crippen molar-refractivity contribution in [1.82, 2.24) is 18.4 Å². The zero-order valence-electron chi connectivity index (χ0n) is 22.9. The lowest BCUT2D eigenvalue weighted by Gasteiger charge is -2.30. The van der Waals surface area contributed by atoms with Crippen LogP contribution in [0.15, 0.2) is 52.1 Å². The number of aromatic nitrogens is 3. The van der Waals surface area contributed by atoms with Crippen molar-refractivity contribution >= 4 is 27.5 Å². The van der Waals surface area contributed by atoms with Crippen LogP contribution in [0.25, 0.3) is 27.0 Å². The summed E-state index contributed by atoms with van der Waals surface area (Å²) in [6.07, 6.45) is -4.84. The van der Waals surface area contributed by atoms with Crippen LogP contribution in [-0.4, -0.2) is 43.0 Å². The Kier molecular flexibility index (Phi) is 7.93. The lowest BCUT2D eigenvalue weighted by molar-refractivity contribution is -0.144. The molecule has 2 aromatic carbocycles. The van der Waals surface area contributed by atoms with Crippen LogP contribution in [0.1, 0.15) is 39.0 Å². The summed E-state index contributed by atoms with van der Waals surface area (Å²) in [6.45, 7) is 9.55. The molecule has 1 amide bonds. The maximum Gasteiger partial charge on any atom is 0.431 e. The molecule has 8 nitrogen and oxygen atoms in total. The summed E-state index contributed by atoms with van der Waals surface area (Å²) in [5, 5.41) is 0.629. The molecule has 0 atom stereocenters. The molecule has 0 saturated heterocycles. The van der Waals surface area contributed by atoms with Gasteiger partial charge in [-0.15, -0.1) is 0 Å². The third kappa shape index (κ3) is 5.53. The molecule has 0 radical (unpaired) electrons. The van der Waals surface area contributed by atoms with Crippen LogP contribution in [-0.2, 0) is 18.0 Å². The number of alkyl halides is 3. The molecule has 2 heterocycles. The lowest BCUT2D eigenvalue weighted by Crippen LogP contribution is -2.44. The third-order valence-corrected chi connectivity index (χ3v) is 7.35. The molecule has 4 rings (SSSR count). The fourth-order valence-corrected chi connectivity index (χ4v) is 5.53. The van der Waals surface area contributed by atoms with Gasteiger partial charge in [0.25, 0.3) is 11.5 Å². The molecule has 0 aliphatic carbocycles. The van der Waals surface area contributed by atoms with E-state index in [2.05, 4.69) is 4.37 Å². The highest BCUT2D eigenvalue weighted by Gasteiger charge is 2.35. The van der Waals surface area contributed by atoms with E-state index in [0.717, 1.165) is 22.9 Å². The van der Waals surface area contributed by atoms with E-state index in [1.165, 1.54) is 17.6 Å². The maximum absolute atomic E-state index is 13.3. The topological polar surface area (TPSA) is 86.4 Å². The standard InChI is InChI=1S/C28H29F3N4O4S/c1-15(2)34(16(3)4)25(37)14-39-21-9-7-18(11-17(21)5)26-20-12-19(8-10-22(20)40-32-26)35-24(36)13-23(28(29,30)31)33(6)27(35)38/h7-13,15-16H,14H2,1-6H3. The van der Waals surface area contributed by atoms with Gasteiger partial charge in [-0.05, 0) is 88.1 Å². The molecule has 0 fully saturated rings. The number of hydrogen-bond donors (Lipinski definition) is 0. The van der Waals surface area contributed by atoms with Crippen molar-refractivity contribution in [2.24, 2.45) is 7.05 Å². The minimum absolute atomic E-state index is 0.0426. The van der Waals surface area contributed by atoms with Crippen LogP contribution in [0.3, 0.4) is 0 Å².